The molecule has 1 unspecified atom stereocenters. The maximum Gasteiger partial charge on any atom is 0.264 e. The summed E-state index contributed by atoms with van der Waals surface area (Å²) < 4.78 is 32.8. The molecule has 0 amide bonds. The van der Waals surface area contributed by atoms with E-state index in [0.29, 0.717) is 0 Å². The van der Waals surface area contributed by atoms with Gasteiger partial charge in [-0.25, -0.2) is 0 Å². The van der Waals surface area contributed by atoms with Crippen molar-refractivity contribution in [1.82, 2.24) is 0 Å². The number of ether oxygens (including phenoxy) is 1. The van der Waals surface area contributed by atoms with Crippen LogP contribution in [0.5, 0.6) is 5.75 Å². The van der Waals surface area contributed by atoms with Gasteiger partial charge in [-0.3, -0.25) is 4.18 Å². The molecule has 2 aromatic rings. The first-order chi connectivity index (χ1) is 10.4. The van der Waals surface area contributed by atoms with Crippen LogP contribution in [-0.2, 0) is 20.7 Å². The molecule has 0 aliphatic heterocycles. The molecule has 4 nitrogen and oxygen atoms in total. The van der Waals surface area contributed by atoms with Gasteiger partial charge in [0.05, 0.1) is 6.26 Å². The molecule has 0 saturated heterocycles. The zero-order valence-corrected chi connectivity index (χ0v) is 13.5. The van der Waals surface area contributed by atoms with Crippen LogP contribution in [-0.4, -0.2) is 27.4 Å². The molecule has 22 heavy (non-hydrogen) atoms. The molecule has 5 heteroatoms. The summed E-state index contributed by atoms with van der Waals surface area (Å²) >= 11 is 0. The van der Waals surface area contributed by atoms with Crippen LogP contribution in [0.2, 0.25) is 0 Å². The van der Waals surface area contributed by atoms with Gasteiger partial charge in [-0.05, 0) is 24.1 Å². The third-order valence-corrected chi connectivity index (χ3v) is 3.70. The molecule has 2 rings (SSSR count). The first-order valence-corrected chi connectivity index (χ1v) is 8.88. The molecule has 0 aromatic heterocycles. The number of para-hydroxylation sites is 1. The summed E-state index contributed by atoms with van der Waals surface area (Å²) in [5.41, 5.74) is 2.25. The van der Waals surface area contributed by atoms with Crippen molar-refractivity contribution in [3.05, 3.63) is 65.7 Å². The van der Waals surface area contributed by atoms with Gasteiger partial charge in [0.2, 0.25) is 0 Å². The highest BCUT2D eigenvalue weighted by Crippen LogP contribution is 2.21. The summed E-state index contributed by atoms with van der Waals surface area (Å²) in [4.78, 5) is 0. The topological polar surface area (TPSA) is 52.6 Å². The Hall–Kier alpha value is -1.85. The summed E-state index contributed by atoms with van der Waals surface area (Å²) in [6, 6.07) is 17.8. The van der Waals surface area contributed by atoms with Crippen molar-refractivity contribution in [3.63, 3.8) is 0 Å². The molecule has 0 aliphatic rings. The Morgan fingerprint density at radius 1 is 1.00 bits per heavy atom. The van der Waals surface area contributed by atoms with E-state index in [-0.39, 0.29) is 6.61 Å². The lowest BCUT2D eigenvalue weighted by Crippen LogP contribution is -2.21. The highest BCUT2D eigenvalue weighted by atomic mass is 32.2. The molecule has 0 N–H and O–H groups in total. The standard InChI is InChI=1S/C17H20O4S/c1-14(21-22(2,18)19)13-20-17-11-7-6-10-16(17)12-15-8-4-3-5-9-15/h3-11,14H,12-13H2,1-2H3. The van der Waals surface area contributed by atoms with Crippen LogP contribution >= 0.6 is 0 Å². The Labute approximate surface area is 131 Å². The van der Waals surface area contributed by atoms with E-state index in [0.717, 1.165) is 24.0 Å². The zero-order chi connectivity index (χ0) is 16.0. The van der Waals surface area contributed by atoms with E-state index < -0.39 is 16.2 Å². The summed E-state index contributed by atoms with van der Waals surface area (Å²) in [6.45, 7) is 1.85. The summed E-state index contributed by atoms with van der Waals surface area (Å²) in [5, 5.41) is 0. The predicted molar refractivity (Wildman–Crippen MR) is 86.6 cm³/mol. The second-order valence-corrected chi connectivity index (χ2v) is 6.79. The SMILES string of the molecule is CC(COc1ccccc1Cc1ccccc1)OS(C)(=O)=O. The third-order valence-electron chi connectivity index (χ3n) is 3.02. The Bertz CT molecular complexity index is 696. The number of hydrogen-bond donors (Lipinski definition) is 0. The van der Waals surface area contributed by atoms with Gasteiger partial charge in [-0.15, -0.1) is 0 Å². The fourth-order valence-electron chi connectivity index (χ4n) is 2.14. The van der Waals surface area contributed by atoms with Crippen LogP contribution < -0.4 is 4.74 Å². The van der Waals surface area contributed by atoms with Crippen molar-refractivity contribution in [2.75, 3.05) is 12.9 Å². The summed E-state index contributed by atoms with van der Waals surface area (Å²) in [6.07, 6.45) is 1.27. The van der Waals surface area contributed by atoms with Crippen LogP contribution in [0.25, 0.3) is 0 Å². The summed E-state index contributed by atoms with van der Waals surface area (Å²) in [5.74, 6) is 0.746. The highest BCUT2D eigenvalue weighted by Gasteiger charge is 2.12. The minimum Gasteiger partial charge on any atom is -0.491 e. The fourth-order valence-corrected chi connectivity index (χ4v) is 2.79. The van der Waals surface area contributed by atoms with Crippen LogP contribution in [0.3, 0.4) is 0 Å². The molecule has 2 aromatic carbocycles. The molecule has 0 aliphatic carbocycles. The van der Waals surface area contributed by atoms with Gasteiger partial charge in [0.1, 0.15) is 18.5 Å². The third kappa shape index (κ3) is 5.50. The van der Waals surface area contributed by atoms with Crippen molar-refractivity contribution in [2.24, 2.45) is 0 Å². The van der Waals surface area contributed by atoms with E-state index in [1.54, 1.807) is 6.92 Å². The van der Waals surface area contributed by atoms with Crippen molar-refractivity contribution in [1.29, 1.82) is 0 Å². The van der Waals surface area contributed by atoms with Gasteiger partial charge < -0.3 is 4.74 Å². The van der Waals surface area contributed by atoms with Crippen molar-refractivity contribution >= 4 is 10.1 Å². The maximum atomic E-state index is 11.1. The van der Waals surface area contributed by atoms with Crippen molar-refractivity contribution in [2.45, 2.75) is 19.4 Å². The van der Waals surface area contributed by atoms with Crippen molar-refractivity contribution < 1.29 is 17.3 Å². The van der Waals surface area contributed by atoms with E-state index in [2.05, 4.69) is 12.1 Å². The molecule has 0 fully saturated rings. The van der Waals surface area contributed by atoms with Gasteiger partial charge in [0.25, 0.3) is 10.1 Å². The monoisotopic (exact) mass is 320 g/mol. The first kappa shape index (κ1) is 16.5. The molecule has 0 spiro atoms. The van der Waals surface area contributed by atoms with Gasteiger partial charge in [0.15, 0.2) is 0 Å². The lowest BCUT2D eigenvalue weighted by atomic mass is 10.0. The van der Waals surface area contributed by atoms with Crippen molar-refractivity contribution in [3.8, 4) is 5.75 Å². The van der Waals surface area contributed by atoms with Gasteiger partial charge in [0, 0.05) is 6.42 Å². The molecule has 118 valence electrons. The van der Waals surface area contributed by atoms with Crippen LogP contribution in [0, 0.1) is 0 Å². The lowest BCUT2D eigenvalue weighted by molar-refractivity contribution is 0.149. The van der Waals surface area contributed by atoms with E-state index in [1.807, 2.05) is 42.5 Å². The van der Waals surface area contributed by atoms with E-state index in [1.165, 1.54) is 5.56 Å². The van der Waals surface area contributed by atoms with Gasteiger partial charge in [-0.1, -0.05) is 48.5 Å². The van der Waals surface area contributed by atoms with Crippen LogP contribution in [0.1, 0.15) is 18.1 Å². The Kier molecular flexibility index (Phi) is 5.57. The number of rotatable bonds is 7. The number of benzene rings is 2. The molecule has 0 radical (unpaired) electrons. The van der Waals surface area contributed by atoms with E-state index in [9.17, 15) is 8.42 Å². The quantitative estimate of drug-likeness (QED) is 0.736. The van der Waals surface area contributed by atoms with E-state index >= 15 is 0 Å². The van der Waals surface area contributed by atoms with Crippen LogP contribution in [0.15, 0.2) is 54.6 Å². The van der Waals surface area contributed by atoms with E-state index in [4.69, 9.17) is 8.92 Å². The number of hydrogen-bond acceptors (Lipinski definition) is 4. The fraction of sp³-hybridized carbons (Fsp3) is 0.294. The maximum absolute atomic E-state index is 11.1. The second-order valence-electron chi connectivity index (χ2n) is 5.19. The zero-order valence-electron chi connectivity index (χ0n) is 12.7. The second kappa shape index (κ2) is 7.42. The lowest BCUT2D eigenvalue weighted by Gasteiger charge is -2.15. The molecule has 0 saturated carbocycles. The first-order valence-electron chi connectivity index (χ1n) is 7.07. The molecular weight excluding hydrogens is 300 g/mol. The molecule has 0 bridgehead atoms. The normalized spacial score (nSPS) is 12.8. The average molecular weight is 320 g/mol. The molecule has 1 atom stereocenters. The minimum absolute atomic E-state index is 0.179. The molecule has 0 heterocycles. The summed E-state index contributed by atoms with van der Waals surface area (Å²) in [7, 11) is -3.47. The van der Waals surface area contributed by atoms with Gasteiger partial charge >= 0.3 is 0 Å². The minimum atomic E-state index is -3.47. The van der Waals surface area contributed by atoms with Gasteiger partial charge in [-0.2, -0.15) is 8.42 Å². The molecular formula is C17H20O4S. The predicted octanol–water partition coefficient (Wildman–Crippen LogP) is 3.02. The smallest absolute Gasteiger partial charge is 0.264 e. The Morgan fingerprint density at radius 2 is 1.64 bits per heavy atom. The largest absolute Gasteiger partial charge is 0.491 e. The average Bonchev–Trinajstić information content (AvgIpc) is 2.46. The highest BCUT2D eigenvalue weighted by molar-refractivity contribution is 7.86. The Balaban J connectivity index is 2.02. The van der Waals surface area contributed by atoms with Crippen LogP contribution in [0.4, 0.5) is 0 Å². The Morgan fingerprint density at radius 3 is 2.32 bits per heavy atom.